The number of nitrogens with zero attached hydrogens (tertiary/aromatic N) is 1. The Morgan fingerprint density at radius 1 is 1.41 bits per heavy atom. The normalized spacial score (nSPS) is 19.8. The van der Waals surface area contributed by atoms with Crippen LogP contribution in [0.4, 0.5) is 0 Å². The van der Waals surface area contributed by atoms with E-state index in [1.165, 1.54) is 18.2 Å². The van der Waals surface area contributed by atoms with Gasteiger partial charge in [-0.3, -0.25) is 14.9 Å². The van der Waals surface area contributed by atoms with Crippen LogP contribution in [0.1, 0.15) is 12.5 Å². The zero-order chi connectivity index (χ0) is 15.9. The molecular formula is C13H13N3O5S. The number of allylic oxidation sites excluding steroid dienone is 1. The van der Waals surface area contributed by atoms with Crippen LogP contribution < -0.4 is 10.1 Å². The Morgan fingerprint density at radius 2 is 2.14 bits per heavy atom. The molecule has 0 fully saturated rings. The molecule has 0 spiro atoms. The molecule has 0 bridgehead atoms. The lowest BCUT2D eigenvalue weighted by atomic mass is 10.1. The third-order valence-corrected chi connectivity index (χ3v) is 4.56. The maximum absolute atomic E-state index is 12.2. The van der Waals surface area contributed by atoms with Crippen molar-refractivity contribution in [3.8, 4) is 0 Å². The second kappa shape index (κ2) is 5.04. The Balaban J connectivity index is 1.92. The summed E-state index contributed by atoms with van der Waals surface area (Å²) in [6, 6.07) is 5.87. The smallest absolute Gasteiger partial charge is 0.289 e. The maximum Gasteiger partial charge on any atom is 0.289 e. The highest BCUT2D eigenvalue weighted by Gasteiger charge is 2.33. The lowest BCUT2D eigenvalue weighted by Gasteiger charge is -2.22. The van der Waals surface area contributed by atoms with Crippen molar-refractivity contribution in [2.75, 3.05) is 6.54 Å². The molecule has 2 aliphatic rings. The average molecular weight is 323 g/mol. The largest absolute Gasteiger partial charge is 0.505 e. The van der Waals surface area contributed by atoms with Gasteiger partial charge >= 0.3 is 0 Å². The molecule has 0 saturated heterocycles. The summed E-state index contributed by atoms with van der Waals surface area (Å²) in [5, 5.41) is 11.3. The third kappa shape index (κ3) is 2.40. The number of aliphatic hydroxyl groups is 1. The van der Waals surface area contributed by atoms with Crippen LogP contribution in [0.3, 0.4) is 0 Å². The van der Waals surface area contributed by atoms with E-state index in [9.17, 15) is 18.3 Å². The number of aliphatic hydroxyl groups excluding tert-OH is 1. The van der Waals surface area contributed by atoms with Crippen molar-refractivity contribution in [1.82, 2.24) is 15.3 Å². The standard InChI is InChI=1S/C13H13N3O5S/c1-8-6-7-16(21-8)14-13(18)11-12(17)9-4-2-3-5-10(9)22(19,20)15-11/h2-6,15,17H,7H2,1H3,(H,14,18). The number of hydrogen-bond donors (Lipinski definition) is 3. The van der Waals surface area contributed by atoms with Crippen LogP contribution >= 0.6 is 0 Å². The molecule has 2 heterocycles. The molecule has 22 heavy (non-hydrogen) atoms. The van der Waals surface area contributed by atoms with Crippen LogP contribution in [-0.2, 0) is 19.7 Å². The van der Waals surface area contributed by atoms with Gasteiger partial charge in [-0.1, -0.05) is 12.1 Å². The quantitative estimate of drug-likeness (QED) is 0.726. The van der Waals surface area contributed by atoms with E-state index in [1.807, 2.05) is 0 Å². The highest BCUT2D eigenvalue weighted by Crippen LogP contribution is 2.28. The van der Waals surface area contributed by atoms with E-state index in [1.54, 1.807) is 19.1 Å². The van der Waals surface area contributed by atoms with Crippen molar-refractivity contribution in [2.24, 2.45) is 0 Å². The Hall–Kier alpha value is -2.52. The summed E-state index contributed by atoms with van der Waals surface area (Å²) < 4.78 is 26.3. The summed E-state index contributed by atoms with van der Waals surface area (Å²) in [6.45, 7) is 2.03. The minimum atomic E-state index is -3.91. The van der Waals surface area contributed by atoms with E-state index in [0.29, 0.717) is 12.3 Å². The molecule has 0 atom stereocenters. The fourth-order valence-corrected chi connectivity index (χ4v) is 3.40. The van der Waals surface area contributed by atoms with Crippen molar-refractivity contribution in [1.29, 1.82) is 0 Å². The molecule has 2 aliphatic heterocycles. The molecule has 1 amide bonds. The van der Waals surface area contributed by atoms with Crippen LogP contribution in [0.2, 0.25) is 0 Å². The number of rotatable bonds is 2. The van der Waals surface area contributed by atoms with Crippen molar-refractivity contribution in [3.63, 3.8) is 0 Å². The van der Waals surface area contributed by atoms with Gasteiger partial charge in [0, 0.05) is 5.56 Å². The van der Waals surface area contributed by atoms with Crippen molar-refractivity contribution >= 4 is 21.7 Å². The first-order valence-corrected chi connectivity index (χ1v) is 7.85. The minimum Gasteiger partial charge on any atom is -0.505 e. The van der Waals surface area contributed by atoms with Gasteiger partial charge in [0.05, 0.1) is 11.4 Å². The number of carbonyl (C=O) groups excluding carboxylic acids is 1. The fraction of sp³-hybridized carbons (Fsp3) is 0.154. The van der Waals surface area contributed by atoms with Crippen molar-refractivity contribution < 1.29 is 23.2 Å². The first-order valence-electron chi connectivity index (χ1n) is 6.37. The summed E-state index contributed by atoms with van der Waals surface area (Å²) in [5.74, 6) is -0.654. The molecule has 0 aromatic heterocycles. The predicted molar refractivity (Wildman–Crippen MR) is 76.0 cm³/mol. The van der Waals surface area contributed by atoms with Crippen molar-refractivity contribution in [3.05, 3.63) is 47.4 Å². The van der Waals surface area contributed by atoms with E-state index in [-0.39, 0.29) is 10.5 Å². The SMILES string of the molecule is CC1=CCN(NC(=O)C2=C(O)c3ccccc3S(=O)(=O)N2)O1. The van der Waals surface area contributed by atoms with Gasteiger partial charge in [-0.15, -0.1) is 0 Å². The van der Waals surface area contributed by atoms with E-state index in [4.69, 9.17) is 4.84 Å². The van der Waals surface area contributed by atoms with Crippen LogP contribution in [0.5, 0.6) is 0 Å². The summed E-state index contributed by atoms with van der Waals surface area (Å²) in [5.41, 5.74) is 1.97. The average Bonchev–Trinajstić information content (AvgIpc) is 2.88. The zero-order valence-corrected chi connectivity index (χ0v) is 12.3. The van der Waals surface area contributed by atoms with Crippen molar-refractivity contribution in [2.45, 2.75) is 11.8 Å². The number of hydrazine groups is 1. The number of hydrogen-bond acceptors (Lipinski definition) is 6. The van der Waals surface area contributed by atoms with E-state index >= 15 is 0 Å². The van der Waals surface area contributed by atoms with Crippen LogP contribution in [-0.4, -0.2) is 31.1 Å². The molecule has 0 aliphatic carbocycles. The molecule has 3 rings (SSSR count). The first kappa shape index (κ1) is 14.4. The Kier molecular flexibility index (Phi) is 3.30. The second-order valence-corrected chi connectivity index (χ2v) is 6.38. The molecular weight excluding hydrogens is 310 g/mol. The van der Waals surface area contributed by atoms with E-state index in [0.717, 1.165) is 5.17 Å². The molecule has 9 heteroatoms. The zero-order valence-electron chi connectivity index (χ0n) is 11.5. The number of sulfonamides is 1. The molecule has 1 aromatic carbocycles. The molecule has 116 valence electrons. The number of nitrogens with one attached hydrogen (secondary N) is 2. The first-order chi connectivity index (χ1) is 10.4. The van der Waals surface area contributed by atoms with Gasteiger partial charge in [-0.05, 0) is 30.3 Å². The summed E-state index contributed by atoms with van der Waals surface area (Å²) in [4.78, 5) is 17.2. The van der Waals surface area contributed by atoms with Gasteiger partial charge in [0.15, 0.2) is 11.5 Å². The Morgan fingerprint density at radius 3 is 2.82 bits per heavy atom. The topological polar surface area (TPSA) is 108 Å². The summed E-state index contributed by atoms with van der Waals surface area (Å²) in [6.07, 6.45) is 1.73. The molecule has 1 aromatic rings. The third-order valence-electron chi connectivity index (χ3n) is 3.16. The maximum atomic E-state index is 12.2. The molecule has 0 unspecified atom stereocenters. The molecule has 8 nitrogen and oxygen atoms in total. The van der Waals surface area contributed by atoms with Gasteiger partial charge in [-0.25, -0.2) is 8.42 Å². The second-order valence-electron chi connectivity index (χ2n) is 4.73. The highest BCUT2D eigenvalue weighted by molar-refractivity contribution is 7.89. The number of fused-ring (bicyclic) bond motifs is 1. The number of carbonyl (C=O) groups is 1. The Bertz CT molecular complexity index is 813. The summed E-state index contributed by atoms with van der Waals surface area (Å²) >= 11 is 0. The predicted octanol–water partition coefficient (Wildman–Crippen LogP) is 0.387. The van der Waals surface area contributed by atoms with E-state index < -0.39 is 27.4 Å². The molecule has 3 N–H and O–H groups in total. The monoisotopic (exact) mass is 323 g/mol. The lowest BCUT2D eigenvalue weighted by molar-refractivity contribution is -0.156. The van der Waals surface area contributed by atoms with Gasteiger partial charge in [0.1, 0.15) is 5.76 Å². The molecule has 0 radical (unpaired) electrons. The van der Waals surface area contributed by atoms with Crippen LogP contribution in [0.25, 0.3) is 5.76 Å². The van der Waals surface area contributed by atoms with Crippen LogP contribution in [0.15, 0.2) is 46.7 Å². The highest BCUT2D eigenvalue weighted by atomic mass is 32.2. The number of hydroxylamine groups is 1. The fourth-order valence-electron chi connectivity index (χ4n) is 2.12. The number of amides is 1. The Labute approximate surface area is 126 Å². The number of benzene rings is 1. The minimum absolute atomic E-state index is 0.0723. The van der Waals surface area contributed by atoms with Crippen LogP contribution in [0, 0.1) is 0 Å². The summed E-state index contributed by atoms with van der Waals surface area (Å²) in [7, 11) is -3.91. The lowest BCUT2D eigenvalue weighted by Crippen LogP contribution is -2.45. The van der Waals surface area contributed by atoms with Gasteiger partial charge in [0.25, 0.3) is 15.9 Å². The van der Waals surface area contributed by atoms with Gasteiger partial charge in [-0.2, -0.15) is 0 Å². The van der Waals surface area contributed by atoms with Gasteiger partial charge < -0.3 is 9.94 Å². The molecule has 0 saturated carbocycles. The van der Waals surface area contributed by atoms with E-state index in [2.05, 4.69) is 10.1 Å². The van der Waals surface area contributed by atoms with Gasteiger partial charge in [0.2, 0.25) is 0 Å².